The Hall–Kier alpha value is -0.750. The van der Waals surface area contributed by atoms with Gasteiger partial charge in [-0.05, 0) is 38.4 Å². The van der Waals surface area contributed by atoms with E-state index in [1.54, 1.807) is 0 Å². The maximum absolute atomic E-state index is 8.32. The van der Waals surface area contributed by atoms with Crippen molar-refractivity contribution in [2.45, 2.75) is 19.8 Å². The van der Waals surface area contributed by atoms with Crippen molar-refractivity contribution in [1.82, 2.24) is 10.2 Å². The van der Waals surface area contributed by atoms with Crippen LogP contribution < -0.4 is 5.32 Å². The van der Waals surface area contributed by atoms with E-state index in [0.717, 1.165) is 6.54 Å². The normalized spacial score (nSPS) is 20.3. The zero-order chi connectivity index (χ0) is 8.81. The number of nitrogens with zero attached hydrogens (tertiary/aromatic N) is 2. The van der Waals surface area contributed by atoms with Crippen molar-refractivity contribution in [3.63, 3.8) is 0 Å². The molecular formula is C9H17N3. The van der Waals surface area contributed by atoms with E-state index >= 15 is 0 Å². The summed E-state index contributed by atoms with van der Waals surface area (Å²) in [4.78, 5) is 2.46. The Balaban J connectivity index is 2.14. The van der Waals surface area contributed by atoms with Crippen LogP contribution in [0.25, 0.3) is 0 Å². The van der Waals surface area contributed by atoms with Crippen LogP contribution in [-0.4, -0.2) is 31.1 Å². The van der Waals surface area contributed by atoms with Crippen LogP contribution in [0.15, 0.2) is 0 Å². The molecule has 0 aliphatic carbocycles. The van der Waals surface area contributed by atoms with Crippen molar-refractivity contribution in [2.24, 2.45) is 5.92 Å². The van der Waals surface area contributed by atoms with E-state index in [9.17, 15) is 0 Å². The largest absolute Gasteiger partial charge is 0.324 e. The Bertz CT molecular complexity index is 154. The van der Waals surface area contributed by atoms with Gasteiger partial charge in [0.1, 0.15) is 0 Å². The van der Waals surface area contributed by atoms with Crippen LogP contribution in [0.2, 0.25) is 0 Å². The van der Waals surface area contributed by atoms with Gasteiger partial charge >= 0.3 is 0 Å². The number of piperidine rings is 1. The van der Waals surface area contributed by atoms with Gasteiger partial charge in [-0.3, -0.25) is 0 Å². The maximum Gasteiger partial charge on any atom is 0.176 e. The van der Waals surface area contributed by atoms with Crippen LogP contribution in [0.4, 0.5) is 0 Å². The van der Waals surface area contributed by atoms with Crippen molar-refractivity contribution < 1.29 is 0 Å². The van der Waals surface area contributed by atoms with Crippen molar-refractivity contribution in [2.75, 3.05) is 26.2 Å². The second-order valence-corrected chi connectivity index (χ2v) is 3.37. The van der Waals surface area contributed by atoms with E-state index in [1.807, 2.05) is 6.19 Å². The Morgan fingerprint density at radius 3 is 2.67 bits per heavy atom. The highest BCUT2D eigenvalue weighted by molar-refractivity contribution is 4.76. The van der Waals surface area contributed by atoms with Gasteiger partial charge in [-0.1, -0.05) is 6.92 Å². The molecule has 0 aromatic rings. The summed E-state index contributed by atoms with van der Waals surface area (Å²) in [5.74, 6) is 0.715. The molecular weight excluding hydrogens is 150 g/mol. The van der Waals surface area contributed by atoms with E-state index in [4.69, 9.17) is 5.26 Å². The third-order valence-electron chi connectivity index (χ3n) is 2.62. The molecule has 0 radical (unpaired) electrons. The molecule has 0 saturated carbocycles. The maximum atomic E-state index is 8.32. The number of nitriles is 1. The lowest BCUT2D eigenvalue weighted by atomic mass is 9.97. The van der Waals surface area contributed by atoms with E-state index in [-0.39, 0.29) is 0 Å². The Morgan fingerprint density at radius 2 is 2.17 bits per heavy atom. The Labute approximate surface area is 74.4 Å². The van der Waals surface area contributed by atoms with Crippen LogP contribution in [0.1, 0.15) is 19.8 Å². The molecule has 0 aromatic carbocycles. The molecule has 3 nitrogen and oxygen atoms in total. The summed E-state index contributed by atoms with van der Waals surface area (Å²) < 4.78 is 0. The first-order valence-electron chi connectivity index (χ1n) is 4.71. The molecule has 0 aromatic heterocycles. The average Bonchev–Trinajstić information content (AvgIpc) is 2.15. The van der Waals surface area contributed by atoms with Crippen LogP contribution in [0, 0.1) is 17.4 Å². The van der Waals surface area contributed by atoms with Gasteiger partial charge in [-0.15, -0.1) is 0 Å². The monoisotopic (exact) mass is 167 g/mol. The number of hydrogen-bond acceptors (Lipinski definition) is 3. The lowest BCUT2D eigenvalue weighted by Crippen LogP contribution is -2.36. The molecule has 0 unspecified atom stereocenters. The molecule has 0 spiro atoms. The zero-order valence-corrected chi connectivity index (χ0v) is 7.71. The molecule has 3 heteroatoms. The second kappa shape index (κ2) is 5.00. The van der Waals surface area contributed by atoms with Gasteiger partial charge in [0.2, 0.25) is 0 Å². The van der Waals surface area contributed by atoms with Crippen molar-refractivity contribution >= 4 is 0 Å². The summed E-state index contributed by atoms with van der Waals surface area (Å²) in [6.07, 6.45) is 4.45. The number of rotatable bonds is 3. The molecule has 1 heterocycles. The first-order chi connectivity index (χ1) is 5.86. The highest BCUT2D eigenvalue weighted by Crippen LogP contribution is 2.15. The zero-order valence-electron chi connectivity index (χ0n) is 7.71. The fraction of sp³-hybridized carbons (Fsp3) is 0.889. The smallest absolute Gasteiger partial charge is 0.176 e. The average molecular weight is 167 g/mol. The summed E-state index contributed by atoms with van der Waals surface area (Å²) in [5.41, 5.74) is 0. The first-order valence-corrected chi connectivity index (χ1v) is 4.71. The second-order valence-electron chi connectivity index (χ2n) is 3.37. The number of hydrogen-bond donors (Lipinski definition) is 1. The predicted octanol–water partition coefficient (Wildman–Crippen LogP) is 0.789. The minimum absolute atomic E-state index is 0.715. The predicted molar refractivity (Wildman–Crippen MR) is 48.5 cm³/mol. The molecule has 1 N–H and O–H groups in total. The van der Waals surface area contributed by atoms with Gasteiger partial charge < -0.3 is 10.2 Å². The fourth-order valence-electron chi connectivity index (χ4n) is 1.70. The van der Waals surface area contributed by atoms with E-state index < -0.39 is 0 Å². The summed E-state index contributed by atoms with van der Waals surface area (Å²) in [6, 6.07) is 0. The van der Waals surface area contributed by atoms with Crippen molar-refractivity contribution in [3.05, 3.63) is 0 Å². The molecule has 0 bridgehead atoms. The van der Waals surface area contributed by atoms with Crippen LogP contribution in [0.3, 0.4) is 0 Å². The lowest BCUT2D eigenvalue weighted by molar-refractivity contribution is 0.193. The molecule has 0 amide bonds. The minimum atomic E-state index is 0.715. The third-order valence-corrected chi connectivity index (χ3v) is 2.62. The summed E-state index contributed by atoms with van der Waals surface area (Å²) >= 11 is 0. The first kappa shape index (κ1) is 9.34. The van der Waals surface area contributed by atoms with E-state index in [1.165, 1.54) is 32.5 Å². The number of likely N-dealkylation sites (tertiary alicyclic amines) is 1. The quantitative estimate of drug-likeness (QED) is 0.499. The van der Waals surface area contributed by atoms with E-state index in [2.05, 4.69) is 17.1 Å². The lowest BCUT2D eigenvalue weighted by Gasteiger charge is -2.30. The Kier molecular flexibility index (Phi) is 3.89. The highest BCUT2D eigenvalue weighted by atomic mass is 15.1. The molecule has 1 aliphatic heterocycles. The molecule has 0 atom stereocenters. The fourth-order valence-corrected chi connectivity index (χ4v) is 1.70. The van der Waals surface area contributed by atoms with Crippen LogP contribution in [0.5, 0.6) is 0 Å². The molecule has 68 valence electrons. The van der Waals surface area contributed by atoms with Gasteiger partial charge in [0.05, 0.1) is 0 Å². The summed E-state index contributed by atoms with van der Waals surface area (Å²) in [5, 5.41) is 11.1. The highest BCUT2D eigenvalue weighted by Gasteiger charge is 2.16. The molecule has 1 aliphatic rings. The van der Waals surface area contributed by atoms with Crippen molar-refractivity contribution in [1.29, 1.82) is 5.26 Å². The summed E-state index contributed by atoms with van der Waals surface area (Å²) in [7, 11) is 0. The van der Waals surface area contributed by atoms with Crippen molar-refractivity contribution in [3.8, 4) is 6.19 Å². The van der Waals surface area contributed by atoms with Gasteiger partial charge in [-0.2, -0.15) is 5.26 Å². The van der Waals surface area contributed by atoms with Gasteiger partial charge in [-0.25, -0.2) is 0 Å². The minimum Gasteiger partial charge on any atom is -0.324 e. The van der Waals surface area contributed by atoms with Gasteiger partial charge in [0.25, 0.3) is 0 Å². The topological polar surface area (TPSA) is 39.1 Å². The van der Waals surface area contributed by atoms with Crippen LogP contribution in [-0.2, 0) is 0 Å². The van der Waals surface area contributed by atoms with E-state index in [0.29, 0.717) is 5.92 Å². The third kappa shape index (κ3) is 2.71. The molecule has 12 heavy (non-hydrogen) atoms. The molecule has 1 fully saturated rings. The molecule has 1 rings (SSSR count). The van der Waals surface area contributed by atoms with Gasteiger partial charge in [0.15, 0.2) is 6.19 Å². The van der Waals surface area contributed by atoms with Gasteiger partial charge in [0, 0.05) is 6.54 Å². The SMILES string of the molecule is CCN1CCC(CNC#N)CC1. The number of nitrogens with one attached hydrogen (secondary N) is 1. The molecule has 1 saturated heterocycles. The van der Waals surface area contributed by atoms with Crippen LogP contribution >= 0.6 is 0 Å². The Morgan fingerprint density at radius 1 is 1.50 bits per heavy atom. The summed E-state index contributed by atoms with van der Waals surface area (Å²) in [6.45, 7) is 6.64. The standard InChI is InChI=1S/C9H17N3/c1-2-12-5-3-9(4-6-12)7-11-8-10/h9,11H,2-7H2,1H3.